The second-order valence-corrected chi connectivity index (χ2v) is 7.15. The summed E-state index contributed by atoms with van der Waals surface area (Å²) in [5.74, 6) is -0.167. The number of fused-ring (bicyclic) bond motifs is 3. The Kier molecular flexibility index (Phi) is 3.03. The van der Waals surface area contributed by atoms with Crippen LogP contribution in [0.3, 0.4) is 0 Å². The smallest absolute Gasteiger partial charge is 0.225 e. The normalized spacial score (nSPS) is 24.0. The Morgan fingerprint density at radius 3 is 2.86 bits per heavy atom. The number of nitrogens with two attached hydrogens (primary N) is 1. The van der Waals surface area contributed by atoms with Crippen molar-refractivity contribution in [2.45, 2.75) is 31.7 Å². The van der Waals surface area contributed by atoms with E-state index in [1.165, 1.54) is 10.9 Å². The van der Waals surface area contributed by atoms with Crippen molar-refractivity contribution in [2.75, 3.05) is 13.6 Å². The molecule has 2 aromatic rings. The number of hydrogen-bond acceptors (Lipinski definition) is 2. The molecule has 1 aliphatic heterocycles. The predicted molar refractivity (Wildman–Crippen MR) is 87.9 cm³/mol. The minimum Gasteiger partial charge on any atom is -0.369 e. The average molecular weight is 318 g/mol. The summed E-state index contributed by atoms with van der Waals surface area (Å²) in [7, 11) is 2.09. The van der Waals surface area contributed by atoms with Crippen molar-refractivity contribution in [1.82, 2.24) is 9.88 Å². The molecule has 1 fully saturated rings. The summed E-state index contributed by atoms with van der Waals surface area (Å²) in [6, 6.07) is 5.99. The van der Waals surface area contributed by atoms with Crippen molar-refractivity contribution < 1.29 is 4.79 Å². The number of benzene rings is 1. The third-order valence-electron chi connectivity index (χ3n) is 5.59. The van der Waals surface area contributed by atoms with Crippen LogP contribution in [0.4, 0.5) is 0 Å². The van der Waals surface area contributed by atoms with E-state index in [4.69, 9.17) is 17.3 Å². The average Bonchev–Trinajstić information content (AvgIpc) is 2.77. The molecule has 0 spiro atoms. The summed E-state index contributed by atoms with van der Waals surface area (Å²) in [6.07, 6.45) is 3.81. The third-order valence-corrected chi connectivity index (χ3v) is 5.82. The molecule has 1 atom stereocenters. The van der Waals surface area contributed by atoms with Gasteiger partial charge in [-0.25, -0.2) is 0 Å². The summed E-state index contributed by atoms with van der Waals surface area (Å²) in [4.78, 5) is 18.0. The number of aromatic nitrogens is 1. The van der Waals surface area contributed by atoms with Crippen LogP contribution in [-0.2, 0) is 11.2 Å². The molecule has 1 aromatic heterocycles. The van der Waals surface area contributed by atoms with Gasteiger partial charge in [-0.1, -0.05) is 18.0 Å². The molecule has 1 amide bonds. The van der Waals surface area contributed by atoms with Crippen LogP contribution in [0.2, 0.25) is 5.02 Å². The summed E-state index contributed by atoms with van der Waals surface area (Å²) in [6.45, 7) is 0.937. The number of nitrogens with zero attached hydrogens (tertiary/aromatic N) is 1. The SMILES string of the molecule is CN1CCc2c([nH]c3ccc(Cl)cc23)C1C1(C(N)=O)CCC1. The first-order chi connectivity index (χ1) is 10.5. The van der Waals surface area contributed by atoms with Gasteiger partial charge in [-0.2, -0.15) is 0 Å². The lowest BCUT2D eigenvalue weighted by atomic mass is 9.61. The van der Waals surface area contributed by atoms with Crippen LogP contribution in [0.15, 0.2) is 18.2 Å². The first-order valence-corrected chi connectivity index (χ1v) is 8.21. The number of nitrogens with one attached hydrogen (secondary N) is 1. The quantitative estimate of drug-likeness (QED) is 0.894. The highest BCUT2D eigenvalue weighted by molar-refractivity contribution is 6.31. The van der Waals surface area contributed by atoms with Gasteiger partial charge in [0.25, 0.3) is 0 Å². The van der Waals surface area contributed by atoms with E-state index in [0.29, 0.717) is 0 Å². The number of likely N-dealkylation sites (N-methyl/N-ethyl adjacent to an activating group) is 1. The second-order valence-electron chi connectivity index (χ2n) is 6.71. The van der Waals surface area contributed by atoms with Gasteiger partial charge < -0.3 is 10.7 Å². The van der Waals surface area contributed by atoms with Gasteiger partial charge in [0.15, 0.2) is 0 Å². The van der Waals surface area contributed by atoms with E-state index >= 15 is 0 Å². The summed E-state index contributed by atoms with van der Waals surface area (Å²) < 4.78 is 0. The molecule has 116 valence electrons. The molecule has 2 heterocycles. The van der Waals surface area contributed by atoms with Crippen molar-refractivity contribution in [3.8, 4) is 0 Å². The van der Waals surface area contributed by atoms with Gasteiger partial charge in [-0.05, 0) is 50.1 Å². The van der Waals surface area contributed by atoms with Gasteiger partial charge in [0.05, 0.1) is 11.5 Å². The van der Waals surface area contributed by atoms with Crippen LogP contribution in [0.5, 0.6) is 0 Å². The number of H-pyrrole nitrogens is 1. The number of carbonyl (C=O) groups excluding carboxylic acids is 1. The fourth-order valence-corrected chi connectivity index (χ4v) is 4.46. The molecule has 2 aliphatic rings. The van der Waals surface area contributed by atoms with E-state index in [9.17, 15) is 4.79 Å². The topological polar surface area (TPSA) is 62.1 Å². The van der Waals surface area contributed by atoms with Gasteiger partial charge in [0.2, 0.25) is 5.91 Å². The Bertz CT molecular complexity index is 763. The van der Waals surface area contributed by atoms with Gasteiger partial charge in [-0.3, -0.25) is 9.69 Å². The van der Waals surface area contributed by atoms with Crippen molar-refractivity contribution in [3.05, 3.63) is 34.5 Å². The lowest BCUT2D eigenvalue weighted by Gasteiger charge is -2.50. The van der Waals surface area contributed by atoms with Gasteiger partial charge in [0, 0.05) is 28.2 Å². The largest absolute Gasteiger partial charge is 0.369 e. The highest BCUT2D eigenvalue weighted by Gasteiger charge is 2.53. The minimum absolute atomic E-state index is 0.0497. The first kappa shape index (κ1) is 14.1. The van der Waals surface area contributed by atoms with Crippen molar-refractivity contribution in [1.29, 1.82) is 0 Å². The molecule has 1 aliphatic carbocycles. The van der Waals surface area contributed by atoms with E-state index < -0.39 is 5.41 Å². The van der Waals surface area contributed by atoms with E-state index in [2.05, 4.69) is 16.9 Å². The Labute approximate surface area is 134 Å². The molecule has 22 heavy (non-hydrogen) atoms. The Hall–Kier alpha value is -1.52. The Morgan fingerprint density at radius 2 is 2.23 bits per heavy atom. The van der Waals surface area contributed by atoms with Crippen LogP contribution in [0.25, 0.3) is 10.9 Å². The molecule has 0 bridgehead atoms. The number of halogens is 1. The van der Waals surface area contributed by atoms with Gasteiger partial charge in [0.1, 0.15) is 0 Å². The van der Waals surface area contributed by atoms with Crippen molar-refractivity contribution in [2.24, 2.45) is 11.1 Å². The van der Waals surface area contributed by atoms with E-state index in [1.807, 2.05) is 18.2 Å². The monoisotopic (exact) mass is 317 g/mol. The lowest BCUT2D eigenvalue weighted by Crippen LogP contribution is -2.53. The number of aromatic amines is 1. The number of primary amides is 1. The number of hydrogen-bond donors (Lipinski definition) is 2. The zero-order valence-electron chi connectivity index (χ0n) is 12.7. The standard InChI is InChI=1S/C17H20ClN3O/c1-21-8-5-11-12-9-10(18)3-4-13(12)20-14(11)15(21)17(16(19)22)6-2-7-17/h3-4,9,15,20H,2,5-8H2,1H3,(H2,19,22). The van der Waals surface area contributed by atoms with Crippen LogP contribution >= 0.6 is 11.6 Å². The lowest BCUT2D eigenvalue weighted by molar-refractivity contribution is -0.139. The molecule has 0 radical (unpaired) electrons. The molecule has 0 saturated heterocycles. The summed E-state index contributed by atoms with van der Waals surface area (Å²) in [5, 5.41) is 1.93. The molecule has 4 nitrogen and oxygen atoms in total. The van der Waals surface area contributed by atoms with Crippen LogP contribution < -0.4 is 5.73 Å². The molecule has 4 rings (SSSR count). The maximum absolute atomic E-state index is 12.2. The van der Waals surface area contributed by atoms with Crippen molar-refractivity contribution in [3.63, 3.8) is 0 Å². The number of rotatable bonds is 2. The molecular weight excluding hydrogens is 298 g/mol. The maximum Gasteiger partial charge on any atom is 0.225 e. The second kappa shape index (κ2) is 4.74. The number of amides is 1. The molecular formula is C17H20ClN3O. The Balaban J connectivity index is 1.92. The molecule has 1 saturated carbocycles. The zero-order chi connectivity index (χ0) is 15.5. The molecule has 5 heteroatoms. The van der Waals surface area contributed by atoms with Gasteiger partial charge in [-0.15, -0.1) is 0 Å². The highest BCUT2D eigenvalue weighted by atomic mass is 35.5. The van der Waals surface area contributed by atoms with Crippen LogP contribution in [-0.4, -0.2) is 29.4 Å². The van der Waals surface area contributed by atoms with E-state index in [1.54, 1.807) is 0 Å². The highest BCUT2D eigenvalue weighted by Crippen LogP contribution is 2.54. The fourth-order valence-electron chi connectivity index (χ4n) is 4.29. The van der Waals surface area contributed by atoms with Crippen LogP contribution in [0, 0.1) is 5.41 Å². The minimum atomic E-state index is -0.422. The summed E-state index contributed by atoms with van der Waals surface area (Å²) in [5.41, 5.74) is 8.93. The Morgan fingerprint density at radius 1 is 1.45 bits per heavy atom. The molecule has 1 aromatic carbocycles. The molecule has 3 N–H and O–H groups in total. The van der Waals surface area contributed by atoms with Crippen molar-refractivity contribution >= 4 is 28.4 Å². The zero-order valence-corrected chi connectivity index (χ0v) is 13.4. The van der Waals surface area contributed by atoms with E-state index in [0.717, 1.165) is 48.5 Å². The van der Waals surface area contributed by atoms with Gasteiger partial charge >= 0.3 is 0 Å². The maximum atomic E-state index is 12.2. The predicted octanol–water partition coefficient (Wildman–Crippen LogP) is 3.01. The third kappa shape index (κ3) is 1.77. The van der Waals surface area contributed by atoms with E-state index in [-0.39, 0.29) is 11.9 Å². The first-order valence-electron chi connectivity index (χ1n) is 7.83. The van der Waals surface area contributed by atoms with Crippen LogP contribution in [0.1, 0.15) is 36.6 Å². The molecule has 1 unspecified atom stereocenters. The fraction of sp³-hybridized carbons (Fsp3) is 0.471. The summed E-state index contributed by atoms with van der Waals surface area (Å²) >= 11 is 6.16. The number of carbonyl (C=O) groups is 1.